The Morgan fingerprint density at radius 3 is 2.68 bits per heavy atom. The lowest BCUT2D eigenvalue weighted by Crippen LogP contribution is -2.38. The van der Waals surface area contributed by atoms with Crippen molar-refractivity contribution in [3.8, 4) is 11.5 Å². The number of nitrogens with one attached hydrogen (secondary N) is 1. The van der Waals surface area contributed by atoms with Gasteiger partial charge in [-0.25, -0.2) is 9.97 Å². The first-order chi connectivity index (χ1) is 13.5. The summed E-state index contributed by atoms with van der Waals surface area (Å²) in [5.41, 5.74) is 1.24. The molecular formula is C21H29ClN4O2. The average molecular weight is 405 g/mol. The SMILES string of the molecule is CCOc1cc(CN2CCC(Nc3ccnc(Cl)n3)CC2)ccc1OC(C)C. The minimum Gasteiger partial charge on any atom is -0.490 e. The van der Waals surface area contributed by atoms with Crippen LogP contribution in [0.3, 0.4) is 0 Å². The van der Waals surface area contributed by atoms with Crippen molar-refractivity contribution in [3.05, 3.63) is 41.3 Å². The van der Waals surface area contributed by atoms with E-state index >= 15 is 0 Å². The molecule has 28 heavy (non-hydrogen) atoms. The van der Waals surface area contributed by atoms with E-state index in [9.17, 15) is 0 Å². The molecule has 1 saturated heterocycles. The first-order valence-corrected chi connectivity index (χ1v) is 10.3. The fourth-order valence-electron chi connectivity index (χ4n) is 3.39. The van der Waals surface area contributed by atoms with E-state index in [1.807, 2.05) is 32.9 Å². The number of aromatic nitrogens is 2. The van der Waals surface area contributed by atoms with Crippen LogP contribution in [0, 0.1) is 0 Å². The Balaban J connectivity index is 1.54. The van der Waals surface area contributed by atoms with Gasteiger partial charge in [-0.15, -0.1) is 0 Å². The highest BCUT2D eigenvalue weighted by Crippen LogP contribution is 2.30. The van der Waals surface area contributed by atoms with Crippen molar-refractivity contribution in [1.29, 1.82) is 0 Å². The number of rotatable bonds is 8. The average Bonchev–Trinajstić information content (AvgIpc) is 2.65. The molecule has 7 heteroatoms. The second-order valence-corrected chi connectivity index (χ2v) is 7.62. The lowest BCUT2D eigenvalue weighted by Gasteiger charge is -2.32. The fraction of sp³-hybridized carbons (Fsp3) is 0.524. The van der Waals surface area contributed by atoms with Crippen LogP contribution in [0.25, 0.3) is 0 Å². The first-order valence-electron chi connectivity index (χ1n) is 9.93. The third kappa shape index (κ3) is 5.97. The minimum absolute atomic E-state index is 0.126. The number of ether oxygens (including phenoxy) is 2. The molecule has 0 radical (unpaired) electrons. The van der Waals surface area contributed by atoms with Crippen LogP contribution in [0.5, 0.6) is 11.5 Å². The molecule has 6 nitrogen and oxygen atoms in total. The number of hydrogen-bond acceptors (Lipinski definition) is 6. The molecule has 1 fully saturated rings. The van der Waals surface area contributed by atoms with Crippen molar-refractivity contribution in [2.24, 2.45) is 0 Å². The van der Waals surface area contributed by atoms with Gasteiger partial charge >= 0.3 is 0 Å². The lowest BCUT2D eigenvalue weighted by molar-refractivity contribution is 0.209. The molecule has 1 aromatic carbocycles. The number of halogens is 1. The molecule has 2 aromatic rings. The van der Waals surface area contributed by atoms with Crippen LogP contribution in [0.4, 0.5) is 5.82 Å². The predicted molar refractivity (Wildman–Crippen MR) is 112 cm³/mol. The predicted octanol–water partition coefficient (Wildman–Crippen LogP) is 4.39. The molecule has 0 aliphatic carbocycles. The molecule has 0 bridgehead atoms. The topological polar surface area (TPSA) is 59.5 Å². The standard InChI is InChI=1S/C21H29ClN4O2/c1-4-27-19-13-16(5-6-18(19)28-15(2)3)14-26-11-8-17(9-12-26)24-20-7-10-23-21(22)25-20/h5-7,10,13,15,17H,4,8-9,11-12,14H2,1-3H3,(H,23,24,25). The van der Waals surface area contributed by atoms with E-state index in [0.717, 1.165) is 49.8 Å². The summed E-state index contributed by atoms with van der Waals surface area (Å²) in [5.74, 6) is 2.43. The summed E-state index contributed by atoms with van der Waals surface area (Å²) in [6.45, 7) is 9.65. The number of likely N-dealkylation sites (tertiary alicyclic amines) is 1. The molecule has 3 rings (SSSR count). The van der Waals surface area contributed by atoms with Crippen LogP contribution in [-0.2, 0) is 6.54 Å². The summed E-state index contributed by atoms with van der Waals surface area (Å²) in [6.07, 6.45) is 3.93. The van der Waals surface area contributed by atoms with E-state index in [1.165, 1.54) is 5.56 Å². The van der Waals surface area contributed by atoms with Crippen LogP contribution in [0.2, 0.25) is 5.28 Å². The second kappa shape index (κ2) is 9.94. The van der Waals surface area contributed by atoms with Gasteiger partial charge in [0.15, 0.2) is 11.5 Å². The summed E-state index contributed by atoms with van der Waals surface area (Å²) in [4.78, 5) is 10.6. The molecule has 1 aromatic heterocycles. The maximum Gasteiger partial charge on any atom is 0.224 e. The van der Waals surface area contributed by atoms with Gasteiger partial charge in [0.25, 0.3) is 0 Å². The minimum atomic E-state index is 0.126. The largest absolute Gasteiger partial charge is 0.490 e. The van der Waals surface area contributed by atoms with Crippen molar-refractivity contribution >= 4 is 17.4 Å². The Morgan fingerprint density at radius 2 is 2.00 bits per heavy atom. The normalized spacial score (nSPS) is 15.6. The molecule has 0 atom stereocenters. The highest BCUT2D eigenvalue weighted by Gasteiger charge is 2.20. The molecular weight excluding hydrogens is 376 g/mol. The first kappa shape index (κ1) is 20.7. The molecule has 152 valence electrons. The molecule has 1 aliphatic rings. The van der Waals surface area contributed by atoms with Gasteiger partial charge in [-0.2, -0.15) is 0 Å². The molecule has 0 saturated carbocycles. The van der Waals surface area contributed by atoms with Crippen LogP contribution in [0.1, 0.15) is 39.2 Å². The van der Waals surface area contributed by atoms with Crippen LogP contribution in [-0.4, -0.2) is 46.7 Å². The van der Waals surface area contributed by atoms with Crippen molar-refractivity contribution in [2.75, 3.05) is 25.0 Å². The number of benzene rings is 1. The van der Waals surface area contributed by atoms with Gasteiger partial charge < -0.3 is 14.8 Å². The Hall–Kier alpha value is -2.05. The van der Waals surface area contributed by atoms with Gasteiger partial charge in [0.1, 0.15) is 5.82 Å². The van der Waals surface area contributed by atoms with E-state index in [-0.39, 0.29) is 11.4 Å². The molecule has 0 spiro atoms. The lowest BCUT2D eigenvalue weighted by atomic mass is 10.0. The summed E-state index contributed by atoms with van der Waals surface area (Å²) in [7, 11) is 0. The quantitative estimate of drug-likeness (QED) is 0.658. The van der Waals surface area contributed by atoms with Gasteiger partial charge in [0.05, 0.1) is 12.7 Å². The van der Waals surface area contributed by atoms with Crippen LogP contribution >= 0.6 is 11.6 Å². The highest BCUT2D eigenvalue weighted by molar-refractivity contribution is 6.28. The number of nitrogens with zero attached hydrogens (tertiary/aromatic N) is 3. The van der Waals surface area contributed by atoms with E-state index in [0.29, 0.717) is 12.6 Å². The van der Waals surface area contributed by atoms with Crippen molar-refractivity contribution in [3.63, 3.8) is 0 Å². The third-order valence-corrected chi connectivity index (χ3v) is 4.82. The fourth-order valence-corrected chi connectivity index (χ4v) is 3.54. The smallest absolute Gasteiger partial charge is 0.224 e. The summed E-state index contributed by atoms with van der Waals surface area (Å²) < 4.78 is 11.6. The number of piperidine rings is 1. The molecule has 1 N–H and O–H groups in total. The summed E-state index contributed by atoms with van der Waals surface area (Å²) >= 11 is 5.86. The Labute approximate surface area is 172 Å². The second-order valence-electron chi connectivity index (χ2n) is 7.29. The van der Waals surface area contributed by atoms with Gasteiger partial charge in [0, 0.05) is 31.9 Å². The zero-order valence-corrected chi connectivity index (χ0v) is 17.6. The van der Waals surface area contributed by atoms with Gasteiger partial charge in [-0.1, -0.05) is 6.07 Å². The summed E-state index contributed by atoms with van der Waals surface area (Å²) in [6, 6.07) is 8.52. The summed E-state index contributed by atoms with van der Waals surface area (Å²) in [5, 5.41) is 3.73. The maximum atomic E-state index is 5.86. The van der Waals surface area contributed by atoms with Crippen molar-refractivity contribution < 1.29 is 9.47 Å². The zero-order chi connectivity index (χ0) is 19.9. The molecule has 0 unspecified atom stereocenters. The van der Waals surface area contributed by atoms with E-state index < -0.39 is 0 Å². The number of anilines is 1. The van der Waals surface area contributed by atoms with Crippen molar-refractivity contribution in [2.45, 2.75) is 52.3 Å². The van der Waals surface area contributed by atoms with Crippen LogP contribution < -0.4 is 14.8 Å². The zero-order valence-electron chi connectivity index (χ0n) is 16.8. The van der Waals surface area contributed by atoms with Crippen LogP contribution in [0.15, 0.2) is 30.5 Å². The monoisotopic (exact) mass is 404 g/mol. The third-order valence-electron chi connectivity index (χ3n) is 4.64. The van der Waals surface area contributed by atoms with Gasteiger partial charge in [-0.3, -0.25) is 4.90 Å². The van der Waals surface area contributed by atoms with Gasteiger partial charge in [0.2, 0.25) is 5.28 Å². The Morgan fingerprint density at radius 1 is 1.21 bits per heavy atom. The van der Waals surface area contributed by atoms with E-state index in [4.69, 9.17) is 21.1 Å². The highest BCUT2D eigenvalue weighted by atomic mass is 35.5. The number of hydrogen-bond donors (Lipinski definition) is 1. The molecule has 0 amide bonds. The molecule has 1 aliphatic heterocycles. The Bertz CT molecular complexity index is 764. The Kier molecular flexibility index (Phi) is 7.34. The van der Waals surface area contributed by atoms with E-state index in [1.54, 1.807) is 6.20 Å². The van der Waals surface area contributed by atoms with Crippen molar-refractivity contribution in [1.82, 2.24) is 14.9 Å². The molecule has 2 heterocycles. The maximum absolute atomic E-state index is 5.86. The van der Waals surface area contributed by atoms with E-state index in [2.05, 4.69) is 32.3 Å². The van der Waals surface area contributed by atoms with Gasteiger partial charge in [-0.05, 0) is 69.0 Å².